The van der Waals surface area contributed by atoms with Crippen molar-refractivity contribution in [3.05, 3.63) is 29.6 Å². The molecule has 3 rings (SSSR count). The van der Waals surface area contributed by atoms with Gasteiger partial charge in [-0.1, -0.05) is 12.1 Å². The number of aryl methyl sites for hydroxylation is 1. The number of benzene rings is 1. The van der Waals surface area contributed by atoms with E-state index in [1.165, 1.54) is 0 Å². The molecule has 2 atom stereocenters. The highest BCUT2D eigenvalue weighted by Gasteiger charge is 2.29. The van der Waals surface area contributed by atoms with Gasteiger partial charge in [-0.25, -0.2) is 4.98 Å². The van der Waals surface area contributed by atoms with Crippen LogP contribution < -0.4 is 5.32 Å². The van der Waals surface area contributed by atoms with E-state index in [4.69, 9.17) is 11.6 Å². The molecular formula is C15H18ClN3O. The Morgan fingerprint density at radius 1 is 1.50 bits per heavy atom. The van der Waals surface area contributed by atoms with Crippen LogP contribution in [0.5, 0.6) is 0 Å². The summed E-state index contributed by atoms with van der Waals surface area (Å²) in [5.74, 6) is 0.843. The molecule has 0 radical (unpaired) electrons. The van der Waals surface area contributed by atoms with E-state index in [1.54, 1.807) is 0 Å². The Hall–Kier alpha value is -1.55. The highest BCUT2D eigenvalue weighted by atomic mass is 35.5. The fraction of sp³-hybridized carbons (Fsp3) is 0.467. The van der Waals surface area contributed by atoms with Crippen molar-refractivity contribution in [3.63, 3.8) is 0 Å². The van der Waals surface area contributed by atoms with Gasteiger partial charge in [0.2, 0.25) is 5.91 Å². The number of halogens is 1. The molecule has 1 saturated heterocycles. The lowest BCUT2D eigenvalue weighted by Gasteiger charge is -2.26. The number of fused-ring (bicyclic) bond motifs is 1. The van der Waals surface area contributed by atoms with Crippen molar-refractivity contribution >= 4 is 28.5 Å². The third-order valence-corrected chi connectivity index (χ3v) is 4.06. The van der Waals surface area contributed by atoms with Crippen LogP contribution in [0.15, 0.2) is 18.2 Å². The molecule has 20 heavy (non-hydrogen) atoms. The van der Waals surface area contributed by atoms with Gasteiger partial charge >= 0.3 is 0 Å². The molecule has 1 aliphatic heterocycles. The van der Waals surface area contributed by atoms with Crippen LogP contribution >= 0.6 is 11.6 Å². The molecule has 5 heteroatoms. The number of nitrogens with zero attached hydrogens (tertiary/aromatic N) is 2. The van der Waals surface area contributed by atoms with E-state index in [9.17, 15) is 4.79 Å². The molecule has 1 aromatic carbocycles. The van der Waals surface area contributed by atoms with Crippen LogP contribution in [0.2, 0.25) is 0 Å². The van der Waals surface area contributed by atoms with Gasteiger partial charge in [-0.15, -0.1) is 11.6 Å². The van der Waals surface area contributed by atoms with Crippen LogP contribution in [-0.2, 0) is 4.79 Å². The van der Waals surface area contributed by atoms with Crippen LogP contribution in [0.4, 0.5) is 0 Å². The van der Waals surface area contributed by atoms with Crippen LogP contribution in [0.3, 0.4) is 0 Å². The second-order valence-electron chi connectivity index (χ2n) is 5.35. The summed E-state index contributed by atoms with van der Waals surface area (Å²) in [6.45, 7) is 4.70. The molecule has 0 spiro atoms. The number of hydrogen-bond donors (Lipinski definition) is 1. The molecule has 1 fully saturated rings. The minimum atomic E-state index is -0.225. The van der Waals surface area contributed by atoms with Crippen molar-refractivity contribution in [2.75, 3.05) is 6.54 Å². The molecule has 1 N–H and O–H groups in total. The van der Waals surface area contributed by atoms with Crippen LogP contribution in [0, 0.1) is 6.92 Å². The van der Waals surface area contributed by atoms with E-state index in [-0.39, 0.29) is 17.3 Å². The summed E-state index contributed by atoms with van der Waals surface area (Å²) in [5, 5.41) is 2.71. The van der Waals surface area contributed by atoms with Crippen LogP contribution in [0.25, 0.3) is 11.0 Å². The number of para-hydroxylation sites is 1. The zero-order valence-corrected chi connectivity index (χ0v) is 12.4. The maximum Gasteiger partial charge on any atom is 0.243 e. The van der Waals surface area contributed by atoms with Gasteiger partial charge in [-0.05, 0) is 38.3 Å². The van der Waals surface area contributed by atoms with Gasteiger partial charge in [-0.3, -0.25) is 4.79 Å². The Morgan fingerprint density at radius 3 is 3.00 bits per heavy atom. The van der Waals surface area contributed by atoms with Crippen LogP contribution in [0.1, 0.15) is 42.6 Å². The number of alkyl halides is 1. The zero-order valence-electron chi connectivity index (χ0n) is 11.7. The lowest BCUT2D eigenvalue weighted by atomic mass is 10.1. The number of imidazole rings is 1. The van der Waals surface area contributed by atoms with Crippen LogP contribution in [-0.4, -0.2) is 22.0 Å². The highest BCUT2D eigenvalue weighted by Crippen LogP contribution is 2.32. The minimum absolute atomic E-state index is 0.0670. The van der Waals surface area contributed by atoms with Gasteiger partial charge < -0.3 is 9.88 Å². The first-order valence-corrected chi connectivity index (χ1v) is 7.42. The number of carbonyl (C=O) groups excluding carboxylic acids is 1. The molecule has 0 aliphatic carbocycles. The maximum atomic E-state index is 12.2. The Bertz CT molecular complexity index is 662. The van der Waals surface area contributed by atoms with Crippen molar-refractivity contribution in [3.8, 4) is 0 Å². The number of rotatable bonds is 2. The van der Waals surface area contributed by atoms with Crippen molar-refractivity contribution in [2.24, 2.45) is 0 Å². The second kappa shape index (κ2) is 5.09. The standard InChI is InChI=1S/C15H18ClN3O/c1-9-5-3-6-11-13(9)19(14(18-11)10(2)16)12-7-4-8-17-15(12)20/h3,5-6,10,12H,4,7-8H2,1-2H3,(H,17,20). The molecule has 0 saturated carbocycles. The summed E-state index contributed by atoms with van der Waals surface area (Å²) in [7, 11) is 0. The first-order chi connectivity index (χ1) is 9.59. The normalized spacial score (nSPS) is 20.9. The fourth-order valence-electron chi connectivity index (χ4n) is 2.94. The summed E-state index contributed by atoms with van der Waals surface area (Å²) in [6.07, 6.45) is 1.82. The SMILES string of the molecule is Cc1cccc2nc(C(C)Cl)n(C3CCCNC3=O)c12. The first-order valence-electron chi connectivity index (χ1n) is 6.99. The number of piperidine rings is 1. The van der Waals surface area contributed by atoms with E-state index >= 15 is 0 Å². The molecule has 2 unspecified atom stereocenters. The van der Waals surface area contributed by atoms with E-state index in [1.807, 2.05) is 36.6 Å². The van der Waals surface area contributed by atoms with Gasteiger partial charge in [0, 0.05) is 6.54 Å². The summed E-state index contributed by atoms with van der Waals surface area (Å²) in [6, 6.07) is 5.80. The largest absolute Gasteiger partial charge is 0.354 e. The molecule has 4 nitrogen and oxygen atoms in total. The van der Waals surface area contributed by atoms with Gasteiger partial charge in [0.25, 0.3) is 0 Å². The van der Waals surface area contributed by atoms with Crippen molar-refractivity contribution < 1.29 is 4.79 Å². The monoisotopic (exact) mass is 291 g/mol. The topological polar surface area (TPSA) is 46.9 Å². The fourth-order valence-corrected chi connectivity index (χ4v) is 3.09. The smallest absolute Gasteiger partial charge is 0.243 e. The number of aromatic nitrogens is 2. The molecular weight excluding hydrogens is 274 g/mol. The maximum absolute atomic E-state index is 12.2. The molecule has 2 aromatic rings. The third-order valence-electron chi connectivity index (χ3n) is 3.86. The van der Waals surface area contributed by atoms with E-state index in [0.717, 1.165) is 41.8 Å². The predicted octanol–water partition coefficient (Wildman–Crippen LogP) is 3.10. The van der Waals surface area contributed by atoms with E-state index in [0.29, 0.717) is 0 Å². The predicted molar refractivity (Wildman–Crippen MR) is 80.0 cm³/mol. The molecule has 1 aromatic heterocycles. The van der Waals surface area contributed by atoms with E-state index < -0.39 is 0 Å². The molecule has 1 aliphatic rings. The van der Waals surface area contributed by atoms with Gasteiger partial charge in [0.05, 0.1) is 16.4 Å². The lowest BCUT2D eigenvalue weighted by Crippen LogP contribution is -2.38. The number of carbonyl (C=O) groups is 1. The average Bonchev–Trinajstić information content (AvgIpc) is 2.80. The second-order valence-corrected chi connectivity index (χ2v) is 6.00. The van der Waals surface area contributed by atoms with E-state index in [2.05, 4.69) is 10.3 Å². The molecule has 1 amide bonds. The third kappa shape index (κ3) is 2.08. The molecule has 0 bridgehead atoms. The quantitative estimate of drug-likeness (QED) is 0.864. The molecule has 2 heterocycles. The minimum Gasteiger partial charge on any atom is -0.354 e. The summed E-state index contributed by atoms with van der Waals surface area (Å²) in [5.41, 5.74) is 3.06. The van der Waals surface area contributed by atoms with Gasteiger partial charge in [0.1, 0.15) is 11.9 Å². The highest BCUT2D eigenvalue weighted by molar-refractivity contribution is 6.20. The van der Waals surface area contributed by atoms with Crippen molar-refractivity contribution in [1.82, 2.24) is 14.9 Å². The Kier molecular flexibility index (Phi) is 3.42. The lowest BCUT2D eigenvalue weighted by molar-refractivity contribution is -0.125. The van der Waals surface area contributed by atoms with Crippen molar-refractivity contribution in [2.45, 2.75) is 38.1 Å². The zero-order chi connectivity index (χ0) is 14.3. The Morgan fingerprint density at radius 2 is 2.30 bits per heavy atom. The average molecular weight is 292 g/mol. The van der Waals surface area contributed by atoms with Gasteiger partial charge in [-0.2, -0.15) is 0 Å². The summed E-state index contributed by atoms with van der Waals surface area (Å²) < 4.78 is 2.04. The number of nitrogens with one attached hydrogen (secondary N) is 1. The summed E-state index contributed by atoms with van der Waals surface area (Å²) >= 11 is 6.28. The Labute approximate surface area is 123 Å². The first kappa shape index (κ1) is 13.4. The molecule has 106 valence electrons. The van der Waals surface area contributed by atoms with Gasteiger partial charge in [0.15, 0.2) is 0 Å². The summed E-state index contributed by atoms with van der Waals surface area (Å²) in [4.78, 5) is 16.9. The van der Waals surface area contributed by atoms with Crippen molar-refractivity contribution in [1.29, 1.82) is 0 Å². The number of amides is 1. The Balaban J connectivity index is 2.25. The number of hydrogen-bond acceptors (Lipinski definition) is 2.